The molecule has 0 aromatic carbocycles. The first kappa shape index (κ1) is 11.5. The number of nitrogens with one attached hydrogen (secondary N) is 1. The van der Waals surface area contributed by atoms with Crippen molar-refractivity contribution in [2.45, 2.75) is 63.3 Å². The van der Waals surface area contributed by atoms with E-state index in [0.717, 1.165) is 19.5 Å². The van der Waals surface area contributed by atoms with Gasteiger partial charge in [-0.15, -0.1) is 0 Å². The highest BCUT2D eigenvalue weighted by Gasteiger charge is 2.60. The molecule has 3 fully saturated rings. The maximum Gasteiger partial charge on any atom is 0.328 e. The van der Waals surface area contributed by atoms with Gasteiger partial charge in [-0.05, 0) is 40.0 Å². The standard InChI is InChI=1S/C13H22N2O2/c1-12(2,3)17-11(16)13-6-9(14-8-13)7-15(13)10-4-5-10/h9-10,14H,4-8H2,1-3H3/t9-,13-/m0/s1. The van der Waals surface area contributed by atoms with Crippen molar-refractivity contribution < 1.29 is 9.53 Å². The van der Waals surface area contributed by atoms with E-state index in [1.54, 1.807) is 0 Å². The first-order valence-corrected chi connectivity index (χ1v) is 6.64. The molecule has 2 aliphatic heterocycles. The predicted molar refractivity (Wildman–Crippen MR) is 64.7 cm³/mol. The fraction of sp³-hybridized carbons (Fsp3) is 0.923. The van der Waals surface area contributed by atoms with E-state index < -0.39 is 0 Å². The van der Waals surface area contributed by atoms with Crippen LogP contribution in [-0.4, -0.2) is 47.2 Å². The smallest absolute Gasteiger partial charge is 0.328 e. The Kier molecular flexibility index (Phi) is 2.33. The van der Waals surface area contributed by atoms with E-state index in [1.807, 2.05) is 20.8 Å². The molecule has 2 heterocycles. The SMILES string of the molecule is CC(C)(C)OC(=O)[C@]12CN[C@H](CN1C1CC1)C2. The van der Waals surface area contributed by atoms with Crippen LogP contribution in [0.4, 0.5) is 0 Å². The number of piperazine rings is 1. The molecule has 1 saturated carbocycles. The fourth-order valence-corrected chi connectivity index (χ4v) is 3.16. The highest BCUT2D eigenvalue weighted by molar-refractivity contribution is 5.83. The van der Waals surface area contributed by atoms with E-state index in [0.29, 0.717) is 12.1 Å². The molecular formula is C13H22N2O2. The molecule has 0 unspecified atom stereocenters. The normalized spacial score (nSPS) is 37.5. The summed E-state index contributed by atoms with van der Waals surface area (Å²) in [7, 11) is 0. The predicted octanol–water partition coefficient (Wildman–Crippen LogP) is 0.907. The van der Waals surface area contributed by atoms with Crippen molar-refractivity contribution in [1.82, 2.24) is 10.2 Å². The highest BCUT2D eigenvalue weighted by atomic mass is 16.6. The fourth-order valence-electron chi connectivity index (χ4n) is 3.16. The van der Waals surface area contributed by atoms with Crippen molar-refractivity contribution >= 4 is 5.97 Å². The number of ether oxygens (including phenoxy) is 1. The minimum absolute atomic E-state index is 0.0237. The second-order valence-electron chi connectivity index (χ2n) is 6.70. The third-order valence-corrected chi connectivity index (χ3v) is 4.00. The zero-order valence-corrected chi connectivity index (χ0v) is 11.0. The van der Waals surface area contributed by atoms with Crippen LogP contribution in [0.25, 0.3) is 0 Å². The third kappa shape index (κ3) is 1.87. The van der Waals surface area contributed by atoms with E-state index in [4.69, 9.17) is 4.74 Å². The van der Waals surface area contributed by atoms with Gasteiger partial charge in [0.1, 0.15) is 11.1 Å². The van der Waals surface area contributed by atoms with Crippen molar-refractivity contribution in [3.05, 3.63) is 0 Å². The number of rotatable bonds is 2. The zero-order chi connectivity index (χ0) is 12.3. The molecule has 17 heavy (non-hydrogen) atoms. The molecule has 1 N–H and O–H groups in total. The monoisotopic (exact) mass is 238 g/mol. The molecule has 0 amide bonds. The van der Waals surface area contributed by atoms with Crippen molar-refractivity contribution in [1.29, 1.82) is 0 Å². The zero-order valence-electron chi connectivity index (χ0n) is 11.0. The van der Waals surface area contributed by atoms with Gasteiger partial charge in [-0.25, -0.2) is 4.79 Å². The van der Waals surface area contributed by atoms with Crippen LogP contribution in [-0.2, 0) is 9.53 Å². The molecule has 0 aromatic heterocycles. The van der Waals surface area contributed by atoms with Crippen LogP contribution in [0, 0.1) is 0 Å². The van der Waals surface area contributed by atoms with Gasteiger partial charge in [-0.3, -0.25) is 4.90 Å². The maximum absolute atomic E-state index is 12.5. The molecule has 0 radical (unpaired) electrons. The average Bonchev–Trinajstić information content (AvgIpc) is 2.87. The molecule has 4 nitrogen and oxygen atoms in total. The van der Waals surface area contributed by atoms with Crippen LogP contribution in [0.3, 0.4) is 0 Å². The summed E-state index contributed by atoms with van der Waals surface area (Å²) in [6.45, 7) is 7.61. The maximum atomic E-state index is 12.5. The Hall–Kier alpha value is -0.610. The number of likely N-dealkylation sites (tertiary alicyclic amines) is 1. The van der Waals surface area contributed by atoms with Crippen LogP contribution in [0.5, 0.6) is 0 Å². The molecule has 2 bridgehead atoms. The minimum Gasteiger partial charge on any atom is -0.459 e. The van der Waals surface area contributed by atoms with Gasteiger partial charge < -0.3 is 10.1 Å². The molecule has 0 aromatic rings. The Bertz CT molecular complexity index is 346. The lowest BCUT2D eigenvalue weighted by molar-refractivity contribution is -0.168. The van der Waals surface area contributed by atoms with E-state index in [1.165, 1.54) is 12.8 Å². The largest absolute Gasteiger partial charge is 0.459 e. The molecular weight excluding hydrogens is 216 g/mol. The summed E-state index contributed by atoms with van der Waals surface area (Å²) < 4.78 is 5.63. The van der Waals surface area contributed by atoms with Crippen molar-refractivity contribution in [2.75, 3.05) is 13.1 Å². The summed E-state index contributed by atoms with van der Waals surface area (Å²) >= 11 is 0. The van der Waals surface area contributed by atoms with Crippen LogP contribution in [0.2, 0.25) is 0 Å². The van der Waals surface area contributed by atoms with E-state index in [2.05, 4.69) is 10.2 Å². The van der Waals surface area contributed by atoms with Gasteiger partial charge in [0.25, 0.3) is 0 Å². The topological polar surface area (TPSA) is 41.6 Å². The second kappa shape index (κ2) is 3.45. The first-order chi connectivity index (χ1) is 7.91. The van der Waals surface area contributed by atoms with Crippen LogP contribution in [0.1, 0.15) is 40.0 Å². The Balaban J connectivity index is 1.80. The lowest BCUT2D eigenvalue weighted by Crippen LogP contribution is -2.59. The van der Waals surface area contributed by atoms with Crippen LogP contribution in [0.15, 0.2) is 0 Å². The number of carbonyl (C=O) groups is 1. The van der Waals surface area contributed by atoms with E-state index in [-0.39, 0.29) is 17.1 Å². The molecule has 96 valence electrons. The third-order valence-electron chi connectivity index (χ3n) is 4.00. The van der Waals surface area contributed by atoms with Gasteiger partial charge in [0, 0.05) is 25.2 Å². The summed E-state index contributed by atoms with van der Waals surface area (Å²) in [6, 6.07) is 1.12. The number of nitrogens with zero attached hydrogens (tertiary/aromatic N) is 1. The lowest BCUT2D eigenvalue weighted by Gasteiger charge is -2.38. The van der Waals surface area contributed by atoms with E-state index in [9.17, 15) is 4.79 Å². The number of hydrogen-bond donors (Lipinski definition) is 1. The summed E-state index contributed by atoms with van der Waals surface area (Å²) in [6.07, 6.45) is 3.42. The summed E-state index contributed by atoms with van der Waals surface area (Å²) in [5.41, 5.74) is -0.749. The second-order valence-corrected chi connectivity index (χ2v) is 6.70. The summed E-state index contributed by atoms with van der Waals surface area (Å²) in [4.78, 5) is 14.9. The van der Waals surface area contributed by atoms with Gasteiger partial charge in [-0.2, -0.15) is 0 Å². The summed E-state index contributed by atoms with van der Waals surface area (Å²) in [5, 5.41) is 3.43. The number of carbonyl (C=O) groups excluding carboxylic acids is 1. The molecule has 4 heteroatoms. The highest BCUT2D eigenvalue weighted by Crippen LogP contribution is 2.43. The van der Waals surface area contributed by atoms with Gasteiger partial charge >= 0.3 is 5.97 Å². The Morgan fingerprint density at radius 3 is 2.65 bits per heavy atom. The van der Waals surface area contributed by atoms with Crippen LogP contribution < -0.4 is 5.32 Å². The number of fused-ring (bicyclic) bond motifs is 2. The van der Waals surface area contributed by atoms with Crippen molar-refractivity contribution in [3.8, 4) is 0 Å². The van der Waals surface area contributed by atoms with Crippen molar-refractivity contribution in [2.24, 2.45) is 0 Å². The lowest BCUT2D eigenvalue weighted by atomic mass is 9.98. The Morgan fingerprint density at radius 1 is 1.41 bits per heavy atom. The molecule has 3 rings (SSSR count). The number of hydrogen-bond acceptors (Lipinski definition) is 4. The van der Waals surface area contributed by atoms with Gasteiger partial charge in [0.15, 0.2) is 0 Å². The summed E-state index contributed by atoms with van der Waals surface area (Å²) in [5.74, 6) is -0.0237. The Labute approximate surface area is 103 Å². The Morgan fingerprint density at radius 2 is 2.12 bits per heavy atom. The number of esters is 1. The van der Waals surface area contributed by atoms with Gasteiger partial charge in [-0.1, -0.05) is 0 Å². The molecule has 2 saturated heterocycles. The molecule has 0 spiro atoms. The minimum atomic E-state index is -0.387. The molecule has 3 aliphatic rings. The van der Waals surface area contributed by atoms with Gasteiger partial charge in [0.05, 0.1) is 0 Å². The first-order valence-electron chi connectivity index (χ1n) is 6.64. The van der Waals surface area contributed by atoms with Gasteiger partial charge in [0.2, 0.25) is 0 Å². The van der Waals surface area contributed by atoms with Crippen LogP contribution >= 0.6 is 0 Å². The average molecular weight is 238 g/mol. The molecule has 2 atom stereocenters. The molecule has 1 aliphatic carbocycles. The quantitative estimate of drug-likeness (QED) is 0.726. The van der Waals surface area contributed by atoms with Crippen molar-refractivity contribution in [3.63, 3.8) is 0 Å². The van der Waals surface area contributed by atoms with E-state index >= 15 is 0 Å².